The van der Waals surface area contributed by atoms with E-state index < -0.39 is 0 Å². The molecular weight excluding hydrogens is 284 g/mol. The molecule has 0 unspecified atom stereocenters. The Kier molecular flexibility index (Phi) is 4.11. The summed E-state index contributed by atoms with van der Waals surface area (Å²) in [6.07, 6.45) is 1.08. The average Bonchev–Trinajstić information content (AvgIpc) is 2.79. The molecule has 0 aromatic heterocycles. The molecule has 1 aliphatic carbocycles. The molecule has 0 bridgehead atoms. The van der Waals surface area contributed by atoms with Gasteiger partial charge >= 0.3 is 0 Å². The highest BCUT2D eigenvalue weighted by atomic mass is 35.5. The van der Waals surface area contributed by atoms with Gasteiger partial charge in [0.05, 0.1) is 0 Å². The van der Waals surface area contributed by atoms with Crippen molar-refractivity contribution >= 4 is 24.0 Å². The molecule has 0 spiro atoms. The van der Waals surface area contributed by atoms with Crippen molar-refractivity contribution in [3.05, 3.63) is 29.3 Å². The number of fused-ring (bicyclic) bond motifs is 1. The van der Waals surface area contributed by atoms with Crippen molar-refractivity contribution in [3.63, 3.8) is 0 Å². The summed E-state index contributed by atoms with van der Waals surface area (Å²) in [7, 11) is 0. The van der Waals surface area contributed by atoms with E-state index in [1.807, 2.05) is 6.07 Å². The lowest BCUT2D eigenvalue weighted by atomic mass is 10.0. The third kappa shape index (κ3) is 2.58. The number of hydrogen-bond acceptors (Lipinski definition) is 2. The van der Waals surface area contributed by atoms with E-state index in [1.54, 1.807) is 0 Å². The van der Waals surface area contributed by atoms with Crippen LogP contribution >= 0.6 is 12.4 Å². The first-order chi connectivity index (χ1) is 9.34. The van der Waals surface area contributed by atoms with E-state index in [1.165, 1.54) is 11.1 Å². The Balaban J connectivity index is 0.00000161. The maximum absolute atomic E-state index is 12.4. The minimum atomic E-state index is 0. The van der Waals surface area contributed by atoms with Crippen LogP contribution in [-0.4, -0.2) is 12.5 Å². The van der Waals surface area contributed by atoms with Crippen LogP contribution in [0.15, 0.2) is 18.2 Å². The molecule has 0 radical (unpaired) electrons. The topological polar surface area (TPSA) is 41.1 Å². The summed E-state index contributed by atoms with van der Waals surface area (Å²) in [5.74, 6) is 0.257. The summed E-state index contributed by atoms with van der Waals surface area (Å²) in [6, 6.07) is 6.29. The predicted octanol–water partition coefficient (Wildman–Crippen LogP) is 3.37. The van der Waals surface area contributed by atoms with Crippen LogP contribution in [0, 0.1) is 16.7 Å². The van der Waals surface area contributed by atoms with Crippen molar-refractivity contribution in [2.45, 2.75) is 40.7 Å². The van der Waals surface area contributed by atoms with Crippen molar-refractivity contribution in [2.75, 3.05) is 11.9 Å². The van der Waals surface area contributed by atoms with Crippen molar-refractivity contribution < 1.29 is 4.79 Å². The number of carbonyl (C=O) groups is 1. The summed E-state index contributed by atoms with van der Waals surface area (Å²) in [6.45, 7) is 10.6. The van der Waals surface area contributed by atoms with Crippen LogP contribution in [0.2, 0.25) is 0 Å². The van der Waals surface area contributed by atoms with Crippen molar-refractivity contribution in [1.82, 2.24) is 5.32 Å². The molecule has 3 nitrogen and oxygen atoms in total. The van der Waals surface area contributed by atoms with Crippen LogP contribution in [0.1, 0.15) is 38.8 Å². The number of halogens is 1. The smallest absolute Gasteiger partial charge is 0.228 e. The van der Waals surface area contributed by atoms with Crippen LogP contribution in [0.5, 0.6) is 0 Å². The maximum atomic E-state index is 12.4. The van der Waals surface area contributed by atoms with Crippen LogP contribution in [0.25, 0.3) is 0 Å². The Morgan fingerprint density at radius 1 is 1.19 bits per heavy atom. The Labute approximate surface area is 133 Å². The molecule has 1 amide bonds. The van der Waals surface area contributed by atoms with Gasteiger partial charge in [-0.1, -0.05) is 33.8 Å². The zero-order valence-corrected chi connectivity index (χ0v) is 14.1. The van der Waals surface area contributed by atoms with Crippen LogP contribution < -0.4 is 10.6 Å². The Morgan fingerprint density at radius 2 is 1.86 bits per heavy atom. The molecule has 1 aliphatic heterocycles. The molecule has 1 fully saturated rings. The fourth-order valence-electron chi connectivity index (χ4n) is 3.62. The first-order valence-electron chi connectivity index (χ1n) is 7.47. The van der Waals surface area contributed by atoms with E-state index in [4.69, 9.17) is 0 Å². The van der Waals surface area contributed by atoms with E-state index in [2.05, 4.69) is 50.5 Å². The summed E-state index contributed by atoms with van der Waals surface area (Å²) in [5, 5.41) is 6.47. The molecule has 116 valence electrons. The highest BCUT2D eigenvalue weighted by Crippen LogP contribution is 2.68. The normalized spacial score (nSPS) is 21.9. The van der Waals surface area contributed by atoms with Gasteiger partial charge < -0.3 is 10.6 Å². The van der Waals surface area contributed by atoms with Crippen LogP contribution in [0.3, 0.4) is 0 Å². The first-order valence-corrected chi connectivity index (χ1v) is 7.47. The quantitative estimate of drug-likeness (QED) is 0.879. The lowest BCUT2D eigenvalue weighted by Gasteiger charge is -2.18. The molecule has 2 aliphatic rings. The first kappa shape index (κ1) is 16.3. The van der Waals surface area contributed by atoms with Crippen molar-refractivity contribution in [1.29, 1.82) is 0 Å². The minimum Gasteiger partial charge on any atom is -0.326 e. The monoisotopic (exact) mass is 308 g/mol. The molecular formula is C17H25ClN2O. The average molecular weight is 309 g/mol. The van der Waals surface area contributed by atoms with Gasteiger partial charge in [-0.2, -0.15) is 0 Å². The van der Waals surface area contributed by atoms with E-state index in [0.717, 1.165) is 25.2 Å². The molecule has 4 heteroatoms. The van der Waals surface area contributed by atoms with Gasteiger partial charge in [0.15, 0.2) is 0 Å². The second-order valence-electron chi connectivity index (χ2n) is 7.28. The zero-order valence-electron chi connectivity index (χ0n) is 13.2. The molecule has 1 saturated carbocycles. The van der Waals surface area contributed by atoms with E-state index >= 15 is 0 Å². The number of nitrogens with one attached hydrogen (secondary N) is 2. The second kappa shape index (κ2) is 5.29. The van der Waals surface area contributed by atoms with Gasteiger partial charge in [-0.05, 0) is 47.1 Å². The summed E-state index contributed by atoms with van der Waals surface area (Å²) >= 11 is 0. The number of carbonyl (C=O) groups excluding carboxylic acids is 1. The van der Waals surface area contributed by atoms with Crippen molar-refractivity contribution in [2.24, 2.45) is 16.7 Å². The summed E-state index contributed by atoms with van der Waals surface area (Å²) in [5.41, 5.74) is 3.81. The SMILES string of the molecule is CC1(C)C(C(=O)Nc2ccc3c(c2)CNCC3)C1(C)C.Cl. The van der Waals surface area contributed by atoms with E-state index in [9.17, 15) is 4.79 Å². The fourth-order valence-corrected chi connectivity index (χ4v) is 3.62. The summed E-state index contributed by atoms with van der Waals surface area (Å²) in [4.78, 5) is 12.4. The number of anilines is 1. The maximum Gasteiger partial charge on any atom is 0.228 e. The predicted molar refractivity (Wildman–Crippen MR) is 88.8 cm³/mol. The molecule has 21 heavy (non-hydrogen) atoms. The Hall–Kier alpha value is -1.06. The van der Waals surface area contributed by atoms with Gasteiger partial charge in [0.1, 0.15) is 0 Å². The van der Waals surface area contributed by atoms with Gasteiger partial charge in [0, 0.05) is 18.2 Å². The highest BCUT2D eigenvalue weighted by Gasteiger charge is 2.68. The molecule has 0 saturated heterocycles. The highest BCUT2D eigenvalue weighted by molar-refractivity contribution is 5.96. The van der Waals surface area contributed by atoms with Gasteiger partial charge in [-0.3, -0.25) is 4.79 Å². The van der Waals surface area contributed by atoms with Gasteiger partial charge in [-0.25, -0.2) is 0 Å². The molecule has 2 N–H and O–H groups in total. The molecule has 3 rings (SSSR count). The van der Waals surface area contributed by atoms with Crippen LogP contribution in [0.4, 0.5) is 5.69 Å². The Bertz CT molecular complexity index is 552. The number of hydrogen-bond donors (Lipinski definition) is 2. The van der Waals surface area contributed by atoms with Gasteiger partial charge in [0.2, 0.25) is 5.91 Å². The number of benzene rings is 1. The minimum absolute atomic E-state index is 0. The third-order valence-corrected chi connectivity index (χ3v) is 5.64. The van der Waals surface area contributed by atoms with Crippen molar-refractivity contribution in [3.8, 4) is 0 Å². The standard InChI is InChI=1S/C17H24N2O.ClH/c1-16(2)14(17(16,3)4)15(20)19-13-6-5-11-7-8-18-10-12(11)9-13;/h5-6,9,14,18H,7-8,10H2,1-4H3,(H,19,20);1H. The molecule has 1 aromatic rings. The van der Waals surface area contributed by atoms with E-state index in [-0.39, 0.29) is 35.1 Å². The van der Waals surface area contributed by atoms with Crippen LogP contribution in [-0.2, 0) is 17.8 Å². The number of rotatable bonds is 2. The lowest BCUT2D eigenvalue weighted by molar-refractivity contribution is -0.118. The van der Waals surface area contributed by atoms with Gasteiger partial charge in [0.25, 0.3) is 0 Å². The number of amides is 1. The zero-order chi connectivity index (χ0) is 14.5. The largest absolute Gasteiger partial charge is 0.326 e. The summed E-state index contributed by atoms with van der Waals surface area (Å²) < 4.78 is 0. The Morgan fingerprint density at radius 3 is 2.48 bits per heavy atom. The second-order valence-corrected chi connectivity index (χ2v) is 7.28. The molecule has 1 heterocycles. The van der Waals surface area contributed by atoms with Gasteiger partial charge in [-0.15, -0.1) is 12.4 Å². The lowest BCUT2D eigenvalue weighted by Crippen LogP contribution is -2.24. The third-order valence-electron chi connectivity index (χ3n) is 5.64. The molecule has 1 aromatic carbocycles. The fraction of sp³-hybridized carbons (Fsp3) is 0.588. The molecule has 0 atom stereocenters. The van der Waals surface area contributed by atoms with E-state index in [0.29, 0.717) is 0 Å².